The fourth-order valence-corrected chi connectivity index (χ4v) is 2.41. The molecule has 2 rings (SSSR count). The van der Waals surface area contributed by atoms with Crippen molar-refractivity contribution in [3.05, 3.63) is 23.8 Å². The van der Waals surface area contributed by atoms with Crippen LogP contribution in [-0.2, 0) is 4.79 Å². The van der Waals surface area contributed by atoms with Gasteiger partial charge in [0, 0.05) is 25.7 Å². The van der Waals surface area contributed by atoms with Gasteiger partial charge in [0.05, 0.1) is 19.3 Å². The number of nitrogen functional groups attached to an aromatic ring is 1. The van der Waals surface area contributed by atoms with Crippen molar-refractivity contribution in [1.29, 1.82) is 0 Å². The molecule has 1 heterocycles. The number of amides is 2. The van der Waals surface area contributed by atoms with Crippen LogP contribution >= 0.6 is 0 Å². The Bertz CT molecular complexity index is 539. The molecule has 1 aromatic carbocycles. The van der Waals surface area contributed by atoms with Gasteiger partial charge < -0.3 is 20.3 Å². The van der Waals surface area contributed by atoms with Gasteiger partial charge in [-0.25, -0.2) is 0 Å². The summed E-state index contributed by atoms with van der Waals surface area (Å²) in [5.74, 6) is 0.228. The molecule has 0 atom stereocenters. The minimum Gasteiger partial charge on any atom is -0.495 e. The maximum absolute atomic E-state index is 12.3. The van der Waals surface area contributed by atoms with Crippen molar-refractivity contribution in [2.24, 2.45) is 0 Å². The molecule has 0 saturated carbocycles. The molecule has 1 saturated heterocycles. The molecule has 0 bridgehead atoms. The summed E-state index contributed by atoms with van der Waals surface area (Å²) in [7, 11) is 3.12. The molecule has 1 aromatic rings. The summed E-state index contributed by atoms with van der Waals surface area (Å²) in [6.45, 7) is 1.67. The van der Waals surface area contributed by atoms with E-state index in [9.17, 15) is 9.59 Å². The quantitative estimate of drug-likeness (QED) is 0.839. The predicted molar refractivity (Wildman–Crippen MR) is 80.2 cm³/mol. The first-order valence-corrected chi connectivity index (χ1v) is 6.99. The number of likely N-dealkylation sites (N-methyl/N-ethyl adjacent to an activating group) is 1. The zero-order valence-electron chi connectivity index (χ0n) is 12.5. The highest BCUT2D eigenvalue weighted by Gasteiger charge is 2.22. The molecule has 2 N–H and O–H groups in total. The van der Waals surface area contributed by atoms with Crippen LogP contribution < -0.4 is 10.5 Å². The van der Waals surface area contributed by atoms with Crippen molar-refractivity contribution in [2.75, 3.05) is 39.5 Å². The van der Waals surface area contributed by atoms with E-state index >= 15 is 0 Å². The van der Waals surface area contributed by atoms with Gasteiger partial charge >= 0.3 is 0 Å². The van der Waals surface area contributed by atoms with Crippen LogP contribution in [0.1, 0.15) is 23.2 Å². The maximum atomic E-state index is 12.3. The number of benzene rings is 1. The highest BCUT2D eigenvalue weighted by Crippen LogP contribution is 2.22. The summed E-state index contributed by atoms with van der Waals surface area (Å²) in [6.07, 6.45) is 2.08. The van der Waals surface area contributed by atoms with Crippen molar-refractivity contribution < 1.29 is 14.3 Å². The highest BCUT2D eigenvalue weighted by atomic mass is 16.5. The van der Waals surface area contributed by atoms with Gasteiger partial charge in [0.15, 0.2) is 0 Å². The molecule has 1 fully saturated rings. The SMILES string of the molecule is COc1cc(C(=O)N(C)CC(=O)N2CCCC2)ccc1N. The first-order valence-electron chi connectivity index (χ1n) is 6.99. The van der Waals surface area contributed by atoms with Gasteiger partial charge in [-0.15, -0.1) is 0 Å². The molecule has 0 spiro atoms. The molecule has 6 heteroatoms. The average Bonchev–Trinajstić information content (AvgIpc) is 3.01. The van der Waals surface area contributed by atoms with Crippen LogP contribution in [0.4, 0.5) is 5.69 Å². The van der Waals surface area contributed by atoms with Crippen LogP contribution in [-0.4, -0.2) is 55.4 Å². The number of rotatable bonds is 4. The second-order valence-electron chi connectivity index (χ2n) is 5.21. The molecule has 21 heavy (non-hydrogen) atoms. The van der Waals surface area contributed by atoms with Crippen LogP contribution in [0.5, 0.6) is 5.75 Å². The minimum absolute atomic E-state index is 0.00856. The van der Waals surface area contributed by atoms with Crippen molar-refractivity contribution >= 4 is 17.5 Å². The number of ether oxygens (including phenoxy) is 1. The van der Waals surface area contributed by atoms with Crippen molar-refractivity contribution in [3.63, 3.8) is 0 Å². The molecule has 0 unspecified atom stereocenters. The van der Waals surface area contributed by atoms with Gasteiger partial charge in [-0.1, -0.05) is 0 Å². The van der Waals surface area contributed by atoms with Crippen LogP contribution in [0.2, 0.25) is 0 Å². The number of nitrogens with zero attached hydrogens (tertiary/aromatic N) is 2. The molecule has 114 valence electrons. The zero-order valence-corrected chi connectivity index (χ0v) is 12.5. The molecule has 2 amide bonds. The lowest BCUT2D eigenvalue weighted by atomic mass is 10.1. The minimum atomic E-state index is -0.221. The number of carbonyl (C=O) groups is 2. The number of methoxy groups -OCH3 is 1. The summed E-state index contributed by atoms with van der Waals surface area (Å²) in [5, 5.41) is 0. The predicted octanol–water partition coefficient (Wildman–Crippen LogP) is 0.972. The molecular formula is C15H21N3O3. The fraction of sp³-hybridized carbons (Fsp3) is 0.467. The fourth-order valence-electron chi connectivity index (χ4n) is 2.41. The second-order valence-corrected chi connectivity index (χ2v) is 5.21. The summed E-state index contributed by atoms with van der Waals surface area (Å²) in [5.41, 5.74) is 6.66. The van der Waals surface area contributed by atoms with E-state index in [0.717, 1.165) is 25.9 Å². The van der Waals surface area contributed by atoms with E-state index in [-0.39, 0.29) is 18.4 Å². The summed E-state index contributed by atoms with van der Waals surface area (Å²) < 4.78 is 5.11. The van der Waals surface area contributed by atoms with Crippen molar-refractivity contribution in [1.82, 2.24) is 9.80 Å². The topological polar surface area (TPSA) is 75.9 Å². The maximum Gasteiger partial charge on any atom is 0.254 e. The number of nitrogens with two attached hydrogens (primary N) is 1. The Morgan fingerprint density at radius 3 is 2.62 bits per heavy atom. The van der Waals surface area contributed by atoms with Gasteiger partial charge in [-0.05, 0) is 31.0 Å². The van der Waals surface area contributed by atoms with E-state index < -0.39 is 0 Å². The Morgan fingerprint density at radius 1 is 1.33 bits per heavy atom. The third kappa shape index (κ3) is 3.45. The van der Waals surface area contributed by atoms with Crippen LogP contribution in [0.15, 0.2) is 18.2 Å². The summed E-state index contributed by atoms with van der Waals surface area (Å²) in [4.78, 5) is 27.6. The number of anilines is 1. The standard InChI is InChI=1S/C15H21N3O3/c1-17(10-14(19)18-7-3-4-8-18)15(20)11-5-6-12(16)13(9-11)21-2/h5-6,9H,3-4,7-8,10,16H2,1-2H3. The number of carbonyl (C=O) groups excluding carboxylic acids is 2. The van der Waals surface area contributed by atoms with Gasteiger partial charge in [0.2, 0.25) is 5.91 Å². The van der Waals surface area contributed by atoms with Crippen molar-refractivity contribution in [2.45, 2.75) is 12.8 Å². The Labute approximate surface area is 124 Å². The van der Waals surface area contributed by atoms with Gasteiger partial charge in [-0.3, -0.25) is 9.59 Å². The Morgan fingerprint density at radius 2 is 2.00 bits per heavy atom. The van der Waals surface area contributed by atoms with Gasteiger partial charge in [-0.2, -0.15) is 0 Å². The number of likely N-dealkylation sites (tertiary alicyclic amines) is 1. The molecular weight excluding hydrogens is 270 g/mol. The second kappa shape index (κ2) is 6.47. The Balaban J connectivity index is 2.03. The van der Waals surface area contributed by atoms with Crippen LogP contribution in [0.25, 0.3) is 0 Å². The third-order valence-corrected chi connectivity index (χ3v) is 3.66. The van der Waals surface area contributed by atoms with Crippen LogP contribution in [0, 0.1) is 0 Å². The monoisotopic (exact) mass is 291 g/mol. The molecule has 0 aromatic heterocycles. The smallest absolute Gasteiger partial charge is 0.254 e. The lowest BCUT2D eigenvalue weighted by molar-refractivity contribution is -0.130. The summed E-state index contributed by atoms with van der Waals surface area (Å²) >= 11 is 0. The molecule has 0 aliphatic carbocycles. The molecule has 1 aliphatic heterocycles. The Hall–Kier alpha value is -2.24. The number of hydrogen-bond donors (Lipinski definition) is 1. The molecule has 6 nitrogen and oxygen atoms in total. The van der Waals surface area contributed by atoms with E-state index in [1.807, 2.05) is 0 Å². The van der Waals surface area contributed by atoms with E-state index in [2.05, 4.69) is 0 Å². The van der Waals surface area contributed by atoms with Gasteiger partial charge in [0.1, 0.15) is 5.75 Å². The largest absolute Gasteiger partial charge is 0.495 e. The lowest BCUT2D eigenvalue weighted by Gasteiger charge is -2.21. The van der Waals surface area contributed by atoms with E-state index in [4.69, 9.17) is 10.5 Å². The zero-order chi connectivity index (χ0) is 15.4. The first-order chi connectivity index (χ1) is 10.0. The highest BCUT2D eigenvalue weighted by molar-refractivity contribution is 5.97. The lowest BCUT2D eigenvalue weighted by Crippen LogP contribution is -2.39. The van der Waals surface area contributed by atoms with Crippen molar-refractivity contribution in [3.8, 4) is 5.75 Å². The Kier molecular flexibility index (Phi) is 4.67. The van der Waals surface area contributed by atoms with Crippen LogP contribution in [0.3, 0.4) is 0 Å². The van der Waals surface area contributed by atoms with E-state index in [1.54, 1.807) is 30.1 Å². The summed E-state index contributed by atoms with van der Waals surface area (Å²) in [6, 6.07) is 4.85. The molecule has 0 radical (unpaired) electrons. The third-order valence-electron chi connectivity index (χ3n) is 3.66. The first kappa shape index (κ1) is 15.2. The number of hydrogen-bond acceptors (Lipinski definition) is 4. The van der Waals surface area contributed by atoms with E-state index in [0.29, 0.717) is 17.0 Å². The van der Waals surface area contributed by atoms with Gasteiger partial charge in [0.25, 0.3) is 5.91 Å². The van der Waals surface area contributed by atoms with E-state index in [1.165, 1.54) is 12.0 Å². The molecule has 1 aliphatic rings. The normalized spacial score (nSPS) is 14.1. The average molecular weight is 291 g/mol.